The fraction of sp³-hybridized carbons (Fsp3) is 0.385. The molecule has 21 heavy (non-hydrogen) atoms. The number of hydrogen-bond donors (Lipinski definition) is 2. The lowest BCUT2D eigenvalue weighted by Crippen LogP contribution is -2.04. The number of nitrogens with zero attached hydrogens (tertiary/aromatic N) is 2. The van der Waals surface area contributed by atoms with Gasteiger partial charge in [0.25, 0.3) is 0 Å². The van der Waals surface area contributed by atoms with E-state index in [1.165, 1.54) is 23.1 Å². The maximum Gasteiger partial charge on any atom is 0.350 e. The van der Waals surface area contributed by atoms with Crippen molar-refractivity contribution in [3.63, 3.8) is 0 Å². The average molecular weight is 326 g/mol. The van der Waals surface area contributed by atoms with Crippen LogP contribution < -0.4 is 11.1 Å². The van der Waals surface area contributed by atoms with Crippen molar-refractivity contribution in [2.24, 2.45) is 7.05 Å². The first-order valence-electron chi connectivity index (χ1n) is 6.41. The first-order chi connectivity index (χ1) is 10.1. The Morgan fingerprint density at radius 1 is 1.62 bits per heavy atom. The summed E-state index contributed by atoms with van der Waals surface area (Å²) in [4.78, 5) is 13.2. The zero-order valence-corrected chi connectivity index (χ0v) is 13.8. The summed E-state index contributed by atoms with van der Waals surface area (Å²) in [5.41, 5.74) is 7.60. The minimum Gasteiger partial charge on any atom is -0.462 e. The summed E-state index contributed by atoms with van der Waals surface area (Å²) in [7, 11) is 1.87. The maximum atomic E-state index is 11.9. The number of hydrogen-bond acceptors (Lipinski definition) is 7. The normalized spacial score (nSPS) is 10.6. The van der Waals surface area contributed by atoms with E-state index < -0.39 is 0 Å². The Bertz CT molecular complexity index is 636. The molecule has 0 aliphatic carbocycles. The van der Waals surface area contributed by atoms with Gasteiger partial charge in [0.1, 0.15) is 9.88 Å². The molecule has 0 saturated carbocycles. The summed E-state index contributed by atoms with van der Waals surface area (Å²) in [6, 6.07) is 0. The van der Waals surface area contributed by atoms with Crippen molar-refractivity contribution < 1.29 is 9.53 Å². The number of nitrogens with one attached hydrogen (secondary N) is 1. The predicted octanol–water partition coefficient (Wildman–Crippen LogP) is 2.57. The number of aryl methyl sites for hydroxylation is 1. The van der Waals surface area contributed by atoms with E-state index in [4.69, 9.17) is 10.5 Å². The van der Waals surface area contributed by atoms with Crippen LogP contribution in [0.1, 0.15) is 22.2 Å². The summed E-state index contributed by atoms with van der Waals surface area (Å²) in [5, 5.41) is 8.31. The minimum atomic E-state index is -0.371. The fourth-order valence-corrected chi connectivity index (χ4v) is 3.77. The lowest BCUT2D eigenvalue weighted by Gasteiger charge is -2.04. The largest absolute Gasteiger partial charge is 0.462 e. The smallest absolute Gasteiger partial charge is 0.350 e. The highest BCUT2D eigenvalue weighted by molar-refractivity contribution is 7.99. The molecule has 0 amide bonds. The Balaban J connectivity index is 2.18. The van der Waals surface area contributed by atoms with Crippen LogP contribution in [0.5, 0.6) is 0 Å². The van der Waals surface area contributed by atoms with Crippen LogP contribution in [0.15, 0.2) is 17.3 Å². The molecular formula is C13H18N4O2S2. The summed E-state index contributed by atoms with van der Waals surface area (Å²) in [5.74, 6) is -0.371. The van der Waals surface area contributed by atoms with Crippen LogP contribution in [-0.4, -0.2) is 28.6 Å². The van der Waals surface area contributed by atoms with Crippen molar-refractivity contribution in [3.05, 3.63) is 22.8 Å². The number of thioether (sulfide) groups is 1. The number of carbonyl (C=O) groups is 1. The molecule has 3 N–H and O–H groups in total. The van der Waals surface area contributed by atoms with Crippen LogP contribution in [0.2, 0.25) is 0 Å². The Labute approximate surface area is 131 Å². The standard InChI is InChI=1S/C13H18N4O2S2/c1-4-19-13(18)11-9(14)10(20-3)12(21-11)15-5-8-6-16-17(2)7-8/h6-7,15H,4-5,14H2,1-3H3. The second-order valence-electron chi connectivity index (χ2n) is 4.30. The highest BCUT2D eigenvalue weighted by Crippen LogP contribution is 2.42. The third-order valence-electron chi connectivity index (χ3n) is 2.78. The van der Waals surface area contributed by atoms with Crippen LogP contribution in [0.4, 0.5) is 10.7 Å². The van der Waals surface area contributed by atoms with Crippen molar-refractivity contribution in [1.29, 1.82) is 0 Å². The molecule has 114 valence electrons. The van der Waals surface area contributed by atoms with Gasteiger partial charge in [0, 0.05) is 25.4 Å². The third-order valence-corrected chi connectivity index (χ3v) is 4.88. The SMILES string of the molecule is CCOC(=O)c1sc(NCc2cnn(C)c2)c(SC)c1N. The van der Waals surface area contributed by atoms with E-state index >= 15 is 0 Å². The molecule has 0 aliphatic heterocycles. The van der Waals surface area contributed by atoms with E-state index in [1.807, 2.05) is 19.5 Å². The van der Waals surface area contributed by atoms with Gasteiger partial charge in [-0.25, -0.2) is 4.79 Å². The first kappa shape index (κ1) is 15.7. The number of ether oxygens (including phenoxy) is 1. The number of esters is 1. The van der Waals surface area contributed by atoms with Gasteiger partial charge in [-0.3, -0.25) is 4.68 Å². The van der Waals surface area contributed by atoms with E-state index in [9.17, 15) is 4.79 Å². The molecule has 0 aliphatic rings. The fourth-order valence-electron chi connectivity index (χ4n) is 1.84. The number of aromatic nitrogens is 2. The van der Waals surface area contributed by atoms with E-state index in [0.29, 0.717) is 23.7 Å². The number of rotatable bonds is 6. The summed E-state index contributed by atoms with van der Waals surface area (Å²) in [6.45, 7) is 2.74. The van der Waals surface area contributed by atoms with Crippen molar-refractivity contribution in [1.82, 2.24) is 9.78 Å². The molecule has 2 rings (SSSR count). The number of carbonyl (C=O) groups excluding carboxylic acids is 1. The highest BCUT2D eigenvalue weighted by Gasteiger charge is 2.21. The van der Waals surface area contributed by atoms with Crippen molar-refractivity contribution >= 4 is 39.8 Å². The molecule has 0 fully saturated rings. The lowest BCUT2D eigenvalue weighted by molar-refractivity contribution is 0.0533. The van der Waals surface area contributed by atoms with Crippen molar-refractivity contribution in [3.8, 4) is 0 Å². The van der Waals surface area contributed by atoms with Crippen molar-refractivity contribution in [2.45, 2.75) is 18.4 Å². The van der Waals surface area contributed by atoms with E-state index in [0.717, 1.165) is 15.5 Å². The summed E-state index contributed by atoms with van der Waals surface area (Å²) >= 11 is 2.84. The van der Waals surface area contributed by atoms with Gasteiger partial charge in [0.2, 0.25) is 0 Å². The van der Waals surface area contributed by atoms with Gasteiger partial charge in [-0.15, -0.1) is 23.1 Å². The van der Waals surface area contributed by atoms with Crippen LogP contribution in [0.25, 0.3) is 0 Å². The van der Waals surface area contributed by atoms with Gasteiger partial charge in [0.15, 0.2) is 0 Å². The molecular weight excluding hydrogens is 308 g/mol. The van der Waals surface area contributed by atoms with Gasteiger partial charge >= 0.3 is 5.97 Å². The second-order valence-corrected chi connectivity index (χ2v) is 6.14. The Morgan fingerprint density at radius 3 is 2.95 bits per heavy atom. The molecule has 6 nitrogen and oxygen atoms in total. The van der Waals surface area contributed by atoms with Gasteiger partial charge in [0.05, 0.1) is 23.4 Å². The quantitative estimate of drug-likeness (QED) is 0.627. The van der Waals surface area contributed by atoms with Gasteiger partial charge in [-0.05, 0) is 13.2 Å². The molecule has 2 heterocycles. The van der Waals surface area contributed by atoms with Gasteiger partial charge < -0.3 is 15.8 Å². The Hall–Kier alpha value is -1.67. The van der Waals surface area contributed by atoms with Crippen LogP contribution >= 0.6 is 23.1 Å². The topological polar surface area (TPSA) is 82.2 Å². The number of nitrogen functional groups attached to an aromatic ring is 1. The molecule has 0 atom stereocenters. The maximum absolute atomic E-state index is 11.9. The monoisotopic (exact) mass is 326 g/mol. The van der Waals surface area contributed by atoms with Crippen LogP contribution in [-0.2, 0) is 18.3 Å². The van der Waals surface area contributed by atoms with Crippen LogP contribution in [0, 0.1) is 0 Å². The Kier molecular flexibility index (Phi) is 5.13. The number of nitrogens with two attached hydrogens (primary N) is 1. The highest BCUT2D eigenvalue weighted by atomic mass is 32.2. The van der Waals surface area contributed by atoms with Gasteiger partial charge in [-0.1, -0.05) is 0 Å². The summed E-state index contributed by atoms with van der Waals surface area (Å²) < 4.78 is 6.78. The first-order valence-corrected chi connectivity index (χ1v) is 8.45. The third kappa shape index (κ3) is 3.51. The van der Waals surface area contributed by atoms with E-state index in [1.54, 1.807) is 17.8 Å². The zero-order chi connectivity index (χ0) is 15.4. The number of thiophene rings is 1. The molecule has 2 aromatic heterocycles. The van der Waals surface area contributed by atoms with Crippen molar-refractivity contribution in [2.75, 3.05) is 23.9 Å². The van der Waals surface area contributed by atoms with Gasteiger partial charge in [-0.2, -0.15) is 5.10 Å². The molecule has 0 bridgehead atoms. The molecule has 0 radical (unpaired) electrons. The molecule has 0 saturated heterocycles. The molecule has 0 unspecified atom stereocenters. The molecule has 2 aromatic rings. The predicted molar refractivity (Wildman–Crippen MR) is 87.0 cm³/mol. The molecule has 8 heteroatoms. The average Bonchev–Trinajstić information content (AvgIpc) is 3.00. The number of anilines is 2. The molecule has 0 aromatic carbocycles. The zero-order valence-electron chi connectivity index (χ0n) is 12.2. The lowest BCUT2D eigenvalue weighted by atomic mass is 10.3. The second kappa shape index (κ2) is 6.86. The minimum absolute atomic E-state index is 0.337. The summed E-state index contributed by atoms with van der Waals surface area (Å²) in [6.07, 6.45) is 5.67. The van der Waals surface area contributed by atoms with E-state index in [2.05, 4.69) is 10.4 Å². The van der Waals surface area contributed by atoms with Crippen LogP contribution in [0.3, 0.4) is 0 Å². The molecule has 0 spiro atoms. The van der Waals surface area contributed by atoms with E-state index in [-0.39, 0.29) is 5.97 Å². The Morgan fingerprint density at radius 2 is 2.38 bits per heavy atom.